The summed E-state index contributed by atoms with van der Waals surface area (Å²) in [7, 11) is 1.53. The van der Waals surface area contributed by atoms with E-state index in [1.165, 1.54) is 21.0 Å². The Hall–Kier alpha value is -3.89. The lowest BCUT2D eigenvalue weighted by Crippen LogP contribution is -2.22. The summed E-state index contributed by atoms with van der Waals surface area (Å²) in [6, 6.07) is 15.5. The molecule has 0 spiro atoms. The molecular formula is C24H26N6O4. The van der Waals surface area contributed by atoms with Crippen LogP contribution in [0.25, 0.3) is 22.5 Å². The van der Waals surface area contributed by atoms with E-state index in [4.69, 9.17) is 4.74 Å². The summed E-state index contributed by atoms with van der Waals surface area (Å²) >= 11 is 0. The highest BCUT2D eigenvalue weighted by atomic mass is 16.5. The van der Waals surface area contributed by atoms with Gasteiger partial charge in [-0.2, -0.15) is 5.21 Å². The van der Waals surface area contributed by atoms with Crippen LogP contribution in [0.15, 0.2) is 48.5 Å². The fraction of sp³-hybridized carbons (Fsp3) is 0.292. The molecule has 4 rings (SSSR count). The van der Waals surface area contributed by atoms with Crippen LogP contribution >= 0.6 is 0 Å². The molecule has 0 saturated heterocycles. The molecule has 0 amide bonds. The van der Waals surface area contributed by atoms with Crippen molar-refractivity contribution in [1.29, 1.82) is 0 Å². The zero-order valence-electron chi connectivity index (χ0n) is 19.4. The van der Waals surface area contributed by atoms with Crippen LogP contribution in [0.2, 0.25) is 0 Å². The molecular weight excluding hydrogens is 436 g/mol. The molecule has 34 heavy (non-hydrogen) atoms. The average Bonchev–Trinajstić information content (AvgIpc) is 3.47. The molecule has 0 aliphatic heterocycles. The standard InChI is InChI=1S/C24H26N6O4/c1-14(34-4)22-25-20(24(2,3)33)19(23(31)32)30(22)13-15-9-11-16(12-10-15)17-7-5-6-8-18(17)21-26-28-29-27-21/h5-12,14,33H,13H2,1-4H3,(H,31,32)(H,26,27,28,29). The number of imidazole rings is 1. The molecule has 0 aliphatic carbocycles. The smallest absolute Gasteiger partial charge is 0.354 e. The predicted molar refractivity (Wildman–Crippen MR) is 124 cm³/mol. The second-order valence-corrected chi connectivity index (χ2v) is 8.47. The first-order chi connectivity index (χ1) is 16.2. The predicted octanol–water partition coefficient (Wildman–Crippen LogP) is 3.41. The van der Waals surface area contributed by atoms with Gasteiger partial charge in [0.05, 0.1) is 0 Å². The Kier molecular flexibility index (Phi) is 6.27. The lowest BCUT2D eigenvalue weighted by atomic mass is 9.98. The summed E-state index contributed by atoms with van der Waals surface area (Å²) in [5.74, 6) is -0.227. The van der Waals surface area contributed by atoms with Crippen LogP contribution < -0.4 is 0 Å². The number of benzene rings is 2. The van der Waals surface area contributed by atoms with E-state index >= 15 is 0 Å². The van der Waals surface area contributed by atoms with E-state index in [0.717, 1.165) is 22.3 Å². The minimum Gasteiger partial charge on any atom is -0.477 e. The number of aromatic nitrogens is 6. The number of nitrogens with one attached hydrogen (secondary N) is 1. The Morgan fingerprint density at radius 3 is 2.38 bits per heavy atom. The Morgan fingerprint density at radius 2 is 1.82 bits per heavy atom. The molecule has 0 fully saturated rings. The monoisotopic (exact) mass is 462 g/mol. The van der Waals surface area contributed by atoms with Crippen LogP contribution in [0.4, 0.5) is 0 Å². The van der Waals surface area contributed by atoms with Gasteiger partial charge in [0.15, 0.2) is 5.69 Å². The minimum absolute atomic E-state index is 0.0575. The molecule has 2 aromatic carbocycles. The molecule has 10 heteroatoms. The number of hydrogen-bond donors (Lipinski definition) is 3. The van der Waals surface area contributed by atoms with Crippen molar-refractivity contribution in [3.8, 4) is 22.5 Å². The van der Waals surface area contributed by atoms with Crippen molar-refractivity contribution >= 4 is 5.97 Å². The minimum atomic E-state index is -1.43. The number of aromatic amines is 1. The Morgan fingerprint density at radius 1 is 1.15 bits per heavy atom. The zero-order chi connectivity index (χ0) is 24.5. The van der Waals surface area contributed by atoms with Crippen molar-refractivity contribution in [1.82, 2.24) is 30.2 Å². The van der Waals surface area contributed by atoms with Crippen LogP contribution in [0.1, 0.15) is 54.4 Å². The van der Waals surface area contributed by atoms with Gasteiger partial charge in [0, 0.05) is 19.2 Å². The summed E-state index contributed by atoms with van der Waals surface area (Å²) in [4.78, 5) is 16.6. The Balaban J connectivity index is 1.73. The van der Waals surface area contributed by atoms with Crippen LogP contribution in [0.5, 0.6) is 0 Å². The lowest BCUT2D eigenvalue weighted by Gasteiger charge is -2.16. The van der Waals surface area contributed by atoms with E-state index < -0.39 is 17.7 Å². The highest BCUT2D eigenvalue weighted by molar-refractivity contribution is 5.87. The van der Waals surface area contributed by atoms with E-state index in [1.807, 2.05) is 48.5 Å². The first-order valence-corrected chi connectivity index (χ1v) is 10.7. The number of carbonyl (C=O) groups is 1. The van der Waals surface area contributed by atoms with Crippen LogP contribution in [0, 0.1) is 0 Å². The summed E-state index contributed by atoms with van der Waals surface area (Å²) in [6.07, 6.45) is -0.463. The zero-order valence-corrected chi connectivity index (χ0v) is 19.4. The van der Waals surface area contributed by atoms with Gasteiger partial charge in [-0.25, -0.2) is 9.78 Å². The van der Waals surface area contributed by atoms with Gasteiger partial charge in [-0.1, -0.05) is 48.5 Å². The first kappa shape index (κ1) is 23.3. The van der Waals surface area contributed by atoms with E-state index in [2.05, 4.69) is 25.6 Å². The number of hydrogen-bond acceptors (Lipinski definition) is 7. The number of aromatic carboxylic acids is 1. The van der Waals surface area contributed by atoms with Gasteiger partial charge in [-0.05, 0) is 42.7 Å². The quantitative estimate of drug-likeness (QED) is 0.362. The molecule has 176 valence electrons. The van der Waals surface area contributed by atoms with Crippen LogP contribution in [-0.4, -0.2) is 53.5 Å². The third kappa shape index (κ3) is 4.45. The van der Waals surface area contributed by atoms with E-state index in [0.29, 0.717) is 11.6 Å². The van der Waals surface area contributed by atoms with Crippen molar-refractivity contribution in [3.63, 3.8) is 0 Å². The van der Waals surface area contributed by atoms with Crippen LogP contribution in [0.3, 0.4) is 0 Å². The van der Waals surface area contributed by atoms with Crippen molar-refractivity contribution in [2.24, 2.45) is 0 Å². The first-order valence-electron chi connectivity index (χ1n) is 10.7. The SMILES string of the molecule is COC(C)c1nc(C(C)(C)O)c(C(=O)O)n1Cc1ccc(-c2ccccc2-c2nn[nH]n2)cc1. The van der Waals surface area contributed by atoms with Gasteiger partial charge in [0.2, 0.25) is 5.82 Å². The van der Waals surface area contributed by atoms with Crippen LogP contribution in [-0.2, 0) is 16.9 Å². The molecule has 0 radical (unpaired) electrons. The highest BCUT2D eigenvalue weighted by Gasteiger charge is 2.33. The molecule has 2 heterocycles. The second-order valence-electron chi connectivity index (χ2n) is 8.47. The molecule has 1 atom stereocenters. The van der Waals surface area contributed by atoms with E-state index in [1.54, 1.807) is 11.5 Å². The highest BCUT2D eigenvalue weighted by Crippen LogP contribution is 2.31. The lowest BCUT2D eigenvalue weighted by molar-refractivity contribution is 0.0602. The number of carboxylic acid groups (broad SMARTS) is 1. The maximum absolute atomic E-state index is 12.2. The number of methoxy groups -OCH3 is 1. The van der Waals surface area contributed by atoms with Crippen molar-refractivity contribution in [2.45, 2.75) is 39.0 Å². The van der Waals surface area contributed by atoms with E-state index in [9.17, 15) is 15.0 Å². The fourth-order valence-electron chi connectivity index (χ4n) is 3.87. The summed E-state index contributed by atoms with van der Waals surface area (Å²) in [6.45, 7) is 5.07. The van der Waals surface area contributed by atoms with Gasteiger partial charge in [0.1, 0.15) is 23.2 Å². The average molecular weight is 463 g/mol. The van der Waals surface area contributed by atoms with Gasteiger partial charge in [-0.3, -0.25) is 0 Å². The van der Waals surface area contributed by atoms with E-state index in [-0.39, 0.29) is 17.9 Å². The number of aliphatic hydroxyl groups is 1. The number of H-pyrrole nitrogens is 1. The number of ether oxygens (including phenoxy) is 1. The number of rotatable bonds is 8. The van der Waals surface area contributed by atoms with Gasteiger partial charge >= 0.3 is 5.97 Å². The summed E-state index contributed by atoms with van der Waals surface area (Å²) in [5.41, 5.74) is 2.23. The molecule has 0 saturated carbocycles. The normalized spacial score (nSPS) is 12.6. The number of nitrogens with zero attached hydrogens (tertiary/aromatic N) is 5. The Labute approximate surface area is 196 Å². The largest absolute Gasteiger partial charge is 0.477 e. The molecule has 3 N–H and O–H groups in total. The molecule has 4 aromatic rings. The topological polar surface area (TPSA) is 139 Å². The molecule has 2 aromatic heterocycles. The summed E-state index contributed by atoms with van der Waals surface area (Å²) < 4.78 is 7.01. The number of carboxylic acids is 1. The maximum atomic E-state index is 12.2. The third-order valence-corrected chi connectivity index (χ3v) is 5.62. The van der Waals surface area contributed by atoms with Crippen molar-refractivity contribution < 1.29 is 19.7 Å². The second kappa shape index (κ2) is 9.16. The molecule has 10 nitrogen and oxygen atoms in total. The van der Waals surface area contributed by atoms with Gasteiger partial charge in [-0.15, -0.1) is 10.2 Å². The molecule has 0 bridgehead atoms. The Bertz CT molecular complexity index is 1290. The maximum Gasteiger partial charge on any atom is 0.354 e. The van der Waals surface area contributed by atoms with Crippen molar-refractivity contribution in [2.75, 3.05) is 7.11 Å². The molecule has 0 aliphatic rings. The molecule has 1 unspecified atom stereocenters. The van der Waals surface area contributed by atoms with Gasteiger partial charge < -0.3 is 19.5 Å². The number of tetrazole rings is 1. The summed E-state index contributed by atoms with van der Waals surface area (Å²) in [5, 5.41) is 34.8. The van der Waals surface area contributed by atoms with Crippen molar-refractivity contribution in [3.05, 3.63) is 71.3 Å². The fourth-order valence-corrected chi connectivity index (χ4v) is 3.87. The van der Waals surface area contributed by atoms with Gasteiger partial charge in [0.25, 0.3) is 0 Å². The third-order valence-electron chi connectivity index (χ3n) is 5.62.